The first-order valence-corrected chi connectivity index (χ1v) is 4.81. The third kappa shape index (κ3) is 1.77. The Balaban J connectivity index is 2.67. The van der Waals surface area contributed by atoms with E-state index in [4.69, 9.17) is 0 Å². The van der Waals surface area contributed by atoms with E-state index in [1.807, 2.05) is 0 Å². The van der Waals surface area contributed by atoms with Gasteiger partial charge in [0.25, 0.3) is 0 Å². The molecule has 0 spiro atoms. The fourth-order valence-electron chi connectivity index (χ4n) is 1.74. The number of halogens is 5. The summed E-state index contributed by atoms with van der Waals surface area (Å²) >= 11 is 0. The lowest BCUT2D eigenvalue weighted by Gasteiger charge is -2.09. The summed E-state index contributed by atoms with van der Waals surface area (Å²) in [7, 11) is 0. The first kappa shape index (κ1) is 11.9. The van der Waals surface area contributed by atoms with Crippen molar-refractivity contribution >= 4 is 12.2 Å². The Hall–Kier alpha value is -1.59. The fraction of sp³-hybridized carbons (Fsp3) is 0.0909. The molecule has 0 unspecified atom stereocenters. The smallest absolute Gasteiger partial charge is 0.204 e. The van der Waals surface area contributed by atoms with Gasteiger partial charge in [0.2, 0.25) is 6.71 Å². The Morgan fingerprint density at radius 1 is 0.824 bits per heavy atom. The predicted octanol–water partition coefficient (Wildman–Crippen LogP) is 2.68. The predicted molar refractivity (Wildman–Crippen MR) is 54.5 cm³/mol. The zero-order valence-corrected chi connectivity index (χ0v) is 8.70. The van der Waals surface area contributed by atoms with E-state index in [0.717, 1.165) is 0 Å². The number of benzene rings is 1. The summed E-state index contributed by atoms with van der Waals surface area (Å²) in [6, 6.07) is 0. The molecule has 0 aliphatic carbocycles. The monoisotopic (exact) mass is 244 g/mol. The Morgan fingerprint density at radius 3 is 1.71 bits per heavy atom. The van der Waals surface area contributed by atoms with Crippen molar-refractivity contribution in [2.24, 2.45) is 0 Å². The van der Waals surface area contributed by atoms with Crippen LogP contribution in [0.1, 0.15) is 6.92 Å². The maximum atomic E-state index is 13.4. The molecule has 0 amide bonds. The summed E-state index contributed by atoms with van der Waals surface area (Å²) in [6.07, 6.45) is 1.56. The molecule has 0 saturated heterocycles. The van der Waals surface area contributed by atoms with Crippen LogP contribution in [-0.2, 0) is 0 Å². The number of rotatable bonds is 1. The van der Waals surface area contributed by atoms with Gasteiger partial charge in [-0.1, -0.05) is 11.6 Å². The Bertz CT molecular complexity index is 518. The van der Waals surface area contributed by atoms with Gasteiger partial charge in [0.1, 0.15) is 0 Å². The fourth-order valence-corrected chi connectivity index (χ4v) is 1.74. The average molecular weight is 244 g/mol. The molecule has 1 aromatic carbocycles. The quantitative estimate of drug-likeness (QED) is 0.308. The van der Waals surface area contributed by atoms with Gasteiger partial charge in [0.05, 0.1) is 0 Å². The van der Waals surface area contributed by atoms with E-state index in [2.05, 4.69) is 0 Å². The van der Waals surface area contributed by atoms with Gasteiger partial charge in [-0.25, -0.2) is 22.0 Å². The van der Waals surface area contributed by atoms with Gasteiger partial charge >= 0.3 is 0 Å². The zero-order chi connectivity index (χ0) is 12.7. The summed E-state index contributed by atoms with van der Waals surface area (Å²) in [5.41, 5.74) is -0.103. The minimum absolute atomic E-state index is 0.707. The molecule has 0 atom stereocenters. The van der Waals surface area contributed by atoms with Gasteiger partial charge in [-0.3, -0.25) is 0 Å². The maximum Gasteiger partial charge on any atom is 0.234 e. The van der Waals surface area contributed by atoms with Gasteiger partial charge in [0.15, 0.2) is 29.1 Å². The van der Waals surface area contributed by atoms with E-state index >= 15 is 0 Å². The van der Waals surface area contributed by atoms with E-state index in [0.29, 0.717) is 5.57 Å². The van der Waals surface area contributed by atoms with Crippen LogP contribution in [0.2, 0.25) is 0 Å². The van der Waals surface area contributed by atoms with Crippen LogP contribution in [0, 0.1) is 29.1 Å². The molecule has 0 saturated carbocycles. The summed E-state index contributed by atoms with van der Waals surface area (Å²) in [4.78, 5) is 0. The molecule has 2 rings (SSSR count). The van der Waals surface area contributed by atoms with Crippen molar-refractivity contribution in [1.82, 2.24) is 0 Å². The molecular weight excluding hydrogens is 238 g/mol. The topological polar surface area (TPSA) is 0 Å². The molecule has 0 aromatic heterocycles. The van der Waals surface area contributed by atoms with Crippen molar-refractivity contribution < 1.29 is 22.0 Å². The highest BCUT2D eigenvalue weighted by molar-refractivity contribution is 6.83. The Kier molecular flexibility index (Phi) is 2.81. The molecule has 0 bridgehead atoms. The second-order valence-corrected chi connectivity index (χ2v) is 3.78. The van der Waals surface area contributed by atoms with Crippen LogP contribution in [-0.4, -0.2) is 6.71 Å². The number of hydrogen-bond donors (Lipinski definition) is 0. The van der Waals surface area contributed by atoms with Crippen LogP contribution < -0.4 is 5.46 Å². The highest BCUT2D eigenvalue weighted by Crippen LogP contribution is 2.19. The summed E-state index contributed by atoms with van der Waals surface area (Å²) in [5.74, 6) is -6.70. The first-order valence-electron chi connectivity index (χ1n) is 4.81. The number of hydrogen-bond acceptors (Lipinski definition) is 0. The van der Waals surface area contributed by atoms with Crippen molar-refractivity contribution in [2.45, 2.75) is 6.92 Å². The van der Waals surface area contributed by atoms with Crippen molar-refractivity contribution in [3.8, 4) is 0 Å². The minimum atomic E-state index is -2.13. The molecule has 0 nitrogen and oxygen atoms in total. The van der Waals surface area contributed by atoms with Crippen LogP contribution in [0.15, 0.2) is 23.6 Å². The third-order valence-corrected chi connectivity index (χ3v) is 2.59. The van der Waals surface area contributed by atoms with Crippen LogP contribution >= 0.6 is 0 Å². The van der Waals surface area contributed by atoms with Crippen molar-refractivity contribution in [1.29, 1.82) is 0 Å². The Morgan fingerprint density at radius 2 is 1.29 bits per heavy atom. The molecule has 1 heterocycles. The molecule has 1 aliphatic heterocycles. The molecule has 1 aromatic rings. The van der Waals surface area contributed by atoms with Crippen LogP contribution in [0.3, 0.4) is 0 Å². The molecule has 6 heteroatoms. The minimum Gasteiger partial charge on any atom is -0.204 e. The first-order chi connectivity index (χ1) is 7.93. The zero-order valence-electron chi connectivity index (χ0n) is 8.70. The number of allylic oxidation sites excluding steroid dienone is 2. The molecule has 0 N–H and O–H groups in total. The van der Waals surface area contributed by atoms with E-state index in [9.17, 15) is 22.0 Å². The lowest BCUT2D eigenvalue weighted by atomic mass is 9.46. The van der Waals surface area contributed by atoms with Crippen molar-refractivity contribution in [3.05, 3.63) is 52.7 Å². The largest absolute Gasteiger partial charge is 0.234 e. The molecule has 1 aliphatic rings. The van der Waals surface area contributed by atoms with E-state index in [1.54, 1.807) is 13.0 Å². The molecule has 0 fully saturated rings. The van der Waals surface area contributed by atoms with Gasteiger partial charge in [-0.15, -0.1) is 12.0 Å². The van der Waals surface area contributed by atoms with Gasteiger partial charge in [-0.2, -0.15) is 0 Å². The lowest BCUT2D eigenvalue weighted by Crippen LogP contribution is -2.34. The van der Waals surface area contributed by atoms with Crippen molar-refractivity contribution in [3.63, 3.8) is 0 Å². The van der Waals surface area contributed by atoms with Gasteiger partial charge < -0.3 is 0 Å². The SMILES string of the molecule is CC1=CB(c2c(F)c(F)c(F)c(F)c2F)C=C1. The maximum absolute atomic E-state index is 13.4. The normalized spacial score (nSPS) is 14.5. The van der Waals surface area contributed by atoms with E-state index < -0.39 is 41.3 Å². The molecular formula is C11H6BF5. The average Bonchev–Trinajstić information content (AvgIpc) is 2.71. The Labute approximate surface area is 94.5 Å². The van der Waals surface area contributed by atoms with E-state index in [-0.39, 0.29) is 0 Å². The van der Waals surface area contributed by atoms with Crippen molar-refractivity contribution in [2.75, 3.05) is 0 Å². The van der Waals surface area contributed by atoms with Gasteiger partial charge in [-0.05, 0) is 6.92 Å². The molecule has 88 valence electrons. The third-order valence-electron chi connectivity index (χ3n) is 2.59. The second kappa shape index (κ2) is 4.02. The summed E-state index contributed by atoms with van der Waals surface area (Å²) in [6.45, 7) is 0.752. The highest BCUT2D eigenvalue weighted by Gasteiger charge is 2.31. The molecule has 17 heavy (non-hydrogen) atoms. The van der Waals surface area contributed by atoms with E-state index in [1.165, 1.54) is 12.0 Å². The standard InChI is InChI=1S/C11H6BF5/c1-5-2-3-12(4-5)6-7(13)9(15)11(17)10(16)8(6)14/h2-4H,1H3. The summed E-state index contributed by atoms with van der Waals surface area (Å²) < 4.78 is 65.5. The lowest BCUT2D eigenvalue weighted by molar-refractivity contribution is 0.384. The van der Waals surface area contributed by atoms with Crippen LogP contribution in [0.4, 0.5) is 22.0 Å². The highest BCUT2D eigenvalue weighted by atomic mass is 19.2. The second-order valence-electron chi connectivity index (χ2n) is 3.78. The van der Waals surface area contributed by atoms with Gasteiger partial charge in [0, 0.05) is 5.46 Å². The van der Waals surface area contributed by atoms with Crippen LogP contribution in [0.5, 0.6) is 0 Å². The molecule has 0 radical (unpaired) electrons. The summed E-state index contributed by atoms with van der Waals surface area (Å²) in [5, 5.41) is 0. The van der Waals surface area contributed by atoms with Crippen LogP contribution in [0.25, 0.3) is 0 Å².